The number of carbonyl (C=O) groups is 1. The number of rotatable bonds is 6. The number of anilines is 2. The van der Waals surface area contributed by atoms with Crippen molar-refractivity contribution in [2.24, 2.45) is 0 Å². The van der Waals surface area contributed by atoms with Crippen LogP contribution in [0.2, 0.25) is 0 Å². The number of thioether (sulfide) groups is 1. The minimum atomic E-state index is -4.53. The highest BCUT2D eigenvalue weighted by atomic mass is 32.2. The molecule has 20 heavy (non-hydrogen) atoms. The van der Waals surface area contributed by atoms with Gasteiger partial charge in [0.2, 0.25) is 5.91 Å². The molecule has 0 saturated carbocycles. The van der Waals surface area contributed by atoms with Crippen LogP contribution in [0.4, 0.5) is 24.5 Å². The van der Waals surface area contributed by atoms with E-state index in [1.165, 1.54) is 17.8 Å². The quantitative estimate of drug-likeness (QED) is 0.621. The molecule has 0 aliphatic rings. The van der Waals surface area contributed by atoms with E-state index in [1.54, 1.807) is 0 Å². The largest absolute Gasteiger partial charge is 0.418 e. The standard InChI is InChI=1S/C13H17F3N2OS/c1-2-3-6-20-8-12(19)18-9-4-5-11(17)10(7-9)13(14,15)16/h4-5,7H,2-3,6,8,17H2,1H3,(H,18,19). The molecule has 0 fully saturated rings. The molecule has 3 N–H and O–H groups in total. The molecule has 3 nitrogen and oxygen atoms in total. The third-order valence-electron chi connectivity index (χ3n) is 2.52. The minimum Gasteiger partial charge on any atom is -0.398 e. The predicted molar refractivity (Wildman–Crippen MR) is 76.7 cm³/mol. The highest BCUT2D eigenvalue weighted by Gasteiger charge is 2.33. The van der Waals surface area contributed by atoms with Gasteiger partial charge in [-0.2, -0.15) is 24.9 Å². The first-order chi connectivity index (χ1) is 9.34. The van der Waals surface area contributed by atoms with Gasteiger partial charge in [0.25, 0.3) is 0 Å². The second-order valence-electron chi connectivity index (χ2n) is 4.25. The van der Waals surface area contributed by atoms with Crippen LogP contribution in [-0.4, -0.2) is 17.4 Å². The number of hydrogen-bond donors (Lipinski definition) is 2. The molecule has 1 aromatic rings. The summed E-state index contributed by atoms with van der Waals surface area (Å²) in [6.07, 6.45) is -2.47. The van der Waals surface area contributed by atoms with Crippen molar-refractivity contribution in [1.29, 1.82) is 0 Å². The van der Waals surface area contributed by atoms with E-state index in [-0.39, 0.29) is 23.0 Å². The molecule has 7 heteroatoms. The fraction of sp³-hybridized carbons (Fsp3) is 0.462. The zero-order chi connectivity index (χ0) is 15.2. The first-order valence-corrected chi connectivity index (χ1v) is 7.34. The Labute approximate surface area is 120 Å². The van der Waals surface area contributed by atoms with Crippen molar-refractivity contribution in [3.63, 3.8) is 0 Å². The van der Waals surface area contributed by atoms with E-state index in [4.69, 9.17) is 5.73 Å². The first-order valence-electron chi connectivity index (χ1n) is 6.19. The highest BCUT2D eigenvalue weighted by Crippen LogP contribution is 2.35. The lowest BCUT2D eigenvalue weighted by Gasteiger charge is -2.12. The summed E-state index contributed by atoms with van der Waals surface area (Å²) in [6, 6.07) is 3.35. The number of nitrogen functional groups attached to an aromatic ring is 1. The van der Waals surface area contributed by atoms with Gasteiger partial charge in [-0.3, -0.25) is 4.79 Å². The van der Waals surface area contributed by atoms with Crippen LogP contribution in [0, 0.1) is 0 Å². The second-order valence-corrected chi connectivity index (χ2v) is 5.36. The summed E-state index contributed by atoms with van der Waals surface area (Å²) in [4.78, 5) is 11.6. The monoisotopic (exact) mass is 306 g/mol. The van der Waals surface area contributed by atoms with Crippen LogP contribution >= 0.6 is 11.8 Å². The number of nitrogens with two attached hydrogens (primary N) is 1. The van der Waals surface area contributed by atoms with Gasteiger partial charge < -0.3 is 11.1 Å². The fourth-order valence-corrected chi connectivity index (χ4v) is 2.38. The van der Waals surface area contributed by atoms with Gasteiger partial charge in [0.15, 0.2) is 0 Å². The molecule has 0 bridgehead atoms. The summed E-state index contributed by atoms with van der Waals surface area (Å²) >= 11 is 1.46. The van der Waals surface area contributed by atoms with Gasteiger partial charge in [0.1, 0.15) is 0 Å². The number of nitrogens with one attached hydrogen (secondary N) is 1. The molecule has 0 radical (unpaired) electrons. The van der Waals surface area contributed by atoms with Gasteiger partial charge in [0.05, 0.1) is 11.3 Å². The van der Waals surface area contributed by atoms with Gasteiger partial charge >= 0.3 is 6.18 Å². The zero-order valence-electron chi connectivity index (χ0n) is 11.1. The van der Waals surface area contributed by atoms with E-state index in [2.05, 4.69) is 5.32 Å². The lowest BCUT2D eigenvalue weighted by Crippen LogP contribution is -2.16. The van der Waals surface area contributed by atoms with Crippen molar-refractivity contribution >= 4 is 29.0 Å². The Morgan fingerprint density at radius 2 is 2.10 bits per heavy atom. The maximum atomic E-state index is 12.7. The van der Waals surface area contributed by atoms with Crippen LogP contribution in [0.15, 0.2) is 18.2 Å². The molecular formula is C13H17F3N2OS. The van der Waals surface area contributed by atoms with Crippen molar-refractivity contribution in [2.75, 3.05) is 22.6 Å². The maximum Gasteiger partial charge on any atom is 0.418 e. The summed E-state index contributed by atoms with van der Waals surface area (Å²) in [5, 5.41) is 2.44. The normalized spacial score (nSPS) is 11.4. The molecule has 0 spiro atoms. The molecule has 0 heterocycles. The number of carbonyl (C=O) groups excluding carboxylic acids is 1. The molecule has 0 atom stereocenters. The molecule has 0 unspecified atom stereocenters. The number of alkyl halides is 3. The summed E-state index contributed by atoms with van der Waals surface area (Å²) in [5.41, 5.74) is 4.10. The van der Waals surface area contributed by atoms with Gasteiger partial charge in [0, 0.05) is 11.4 Å². The van der Waals surface area contributed by atoms with Gasteiger partial charge in [-0.05, 0) is 30.4 Å². The third kappa shape index (κ3) is 5.32. The molecule has 112 valence electrons. The molecule has 1 amide bonds. The summed E-state index contributed by atoms with van der Waals surface area (Å²) in [7, 11) is 0. The molecule has 0 aliphatic heterocycles. The van der Waals surface area contributed by atoms with Crippen LogP contribution in [0.25, 0.3) is 0 Å². The van der Waals surface area contributed by atoms with Gasteiger partial charge in [-0.1, -0.05) is 13.3 Å². The van der Waals surface area contributed by atoms with Crippen LogP contribution in [0.3, 0.4) is 0 Å². The Morgan fingerprint density at radius 1 is 1.40 bits per heavy atom. The SMILES string of the molecule is CCCCSCC(=O)Nc1ccc(N)c(C(F)(F)F)c1. The second kappa shape index (κ2) is 7.42. The van der Waals surface area contributed by atoms with E-state index >= 15 is 0 Å². The topological polar surface area (TPSA) is 55.1 Å². The number of amides is 1. The number of halogens is 3. The summed E-state index contributed by atoms with van der Waals surface area (Å²) in [6.45, 7) is 2.05. The van der Waals surface area contributed by atoms with Crippen molar-refractivity contribution in [3.8, 4) is 0 Å². The minimum absolute atomic E-state index is 0.104. The van der Waals surface area contributed by atoms with Crippen LogP contribution in [0.1, 0.15) is 25.3 Å². The Kier molecular flexibility index (Phi) is 6.19. The van der Waals surface area contributed by atoms with Crippen LogP contribution in [-0.2, 0) is 11.0 Å². The summed E-state index contributed by atoms with van der Waals surface area (Å²) < 4.78 is 38.0. The highest BCUT2D eigenvalue weighted by molar-refractivity contribution is 7.99. The van der Waals surface area contributed by atoms with Gasteiger partial charge in [-0.25, -0.2) is 0 Å². The fourth-order valence-electron chi connectivity index (χ4n) is 1.49. The molecule has 1 rings (SSSR count). The number of unbranched alkanes of at least 4 members (excludes halogenated alkanes) is 1. The Hall–Kier alpha value is -1.37. The lowest BCUT2D eigenvalue weighted by atomic mass is 10.1. The van der Waals surface area contributed by atoms with Crippen LogP contribution in [0.5, 0.6) is 0 Å². The smallest absolute Gasteiger partial charge is 0.398 e. The number of benzene rings is 1. The van der Waals surface area contributed by atoms with E-state index in [0.29, 0.717) is 0 Å². The zero-order valence-corrected chi connectivity index (χ0v) is 11.9. The van der Waals surface area contributed by atoms with Crippen LogP contribution < -0.4 is 11.1 Å². The van der Waals surface area contributed by atoms with Crippen molar-refractivity contribution < 1.29 is 18.0 Å². The van der Waals surface area contributed by atoms with E-state index in [1.807, 2.05) is 6.92 Å². The molecule has 1 aromatic carbocycles. The predicted octanol–water partition coefficient (Wildman–Crippen LogP) is 3.76. The molecule has 0 aromatic heterocycles. The van der Waals surface area contributed by atoms with Gasteiger partial charge in [-0.15, -0.1) is 0 Å². The Balaban J connectivity index is 2.62. The van der Waals surface area contributed by atoms with Crippen molar-refractivity contribution in [3.05, 3.63) is 23.8 Å². The molecule has 0 saturated heterocycles. The molecular weight excluding hydrogens is 289 g/mol. The van der Waals surface area contributed by atoms with Crippen molar-refractivity contribution in [2.45, 2.75) is 25.9 Å². The third-order valence-corrected chi connectivity index (χ3v) is 3.56. The Morgan fingerprint density at radius 3 is 2.70 bits per heavy atom. The molecule has 0 aliphatic carbocycles. The average molecular weight is 306 g/mol. The summed E-state index contributed by atoms with van der Waals surface area (Å²) in [5.74, 6) is 0.773. The van der Waals surface area contributed by atoms with E-state index < -0.39 is 11.7 Å². The lowest BCUT2D eigenvalue weighted by molar-refractivity contribution is -0.136. The first kappa shape index (κ1) is 16.7. The maximum absolute atomic E-state index is 12.7. The Bertz CT molecular complexity index is 463. The van der Waals surface area contributed by atoms with E-state index in [0.717, 1.165) is 30.7 Å². The average Bonchev–Trinajstić information content (AvgIpc) is 2.36. The van der Waals surface area contributed by atoms with Crippen molar-refractivity contribution in [1.82, 2.24) is 0 Å². The number of hydrogen-bond acceptors (Lipinski definition) is 3. The van der Waals surface area contributed by atoms with E-state index in [9.17, 15) is 18.0 Å².